The van der Waals surface area contributed by atoms with E-state index in [0.717, 1.165) is 4.47 Å². The molecule has 0 amide bonds. The van der Waals surface area contributed by atoms with Crippen molar-refractivity contribution in [1.82, 2.24) is 0 Å². The molecular weight excluding hydrogens is 248 g/mol. The van der Waals surface area contributed by atoms with Crippen molar-refractivity contribution in [2.75, 3.05) is 7.11 Å². The van der Waals surface area contributed by atoms with Crippen molar-refractivity contribution in [3.05, 3.63) is 34.3 Å². The van der Waals surface area contributed by atoms with E-state index in [9.17, 15) is 9.90 Å². The zero-order valence-electron chi connectivity index (χ0n) is 7.53. The Kier molecular flexibility index (Phi) is 3.71. The molecule has 0 heterocycles. The van der Waals surface area contributed by atoms with Crippen LogP contribution in [0.5, 0.6) is 5.75 Å². The summed E-state index contributed by atoms with van der Waals surface area (Å²) >= 11 is 3.21. The van der Waals surface area contributed by atoms with Gasteiger partial charge in [0.1, 0.15) is 5.75 Å². The molecule has 0 radical (unpaired) electrons. The number of benzene rings is 1. The second kappa shape index (κ2) is 4.81. The minimum absolute atomic E-state index is 0.111. The average molecular weight is 257 g/mol. The number of halogens is 1. The number of esters is 1. The summed E-state index contributed by atoms with van der Waals surface area (Å²) in [6.45, 7) is 0. The first-order chi connectivity index (χ1) is 6.63. The Morgan fingerprint density at radius 1 is 1.57 bits per heavy atom. The second-order valence-corrected chi connectivity index (χ2v) is 3.48. The van der Waals surface area contributed by atoms with E-state index in [-0.39, 0.29) is 5.75 Å². The molecule has 14 heavy (non-hydrogen) atoms. The maximum Gasteiger partial charge on any atom is 0.330 e. The van der Waals surface area contributed by atoms with Crippen LogP contribution in [0.3, 0.4) is 0 Å². The van der Waals surface area contributed by atoms with Gasteiger partial charge in [-0.3, -0.25) is 0 Å². The van der Waals surface area contributed by atoms with Crippen LogP contribution in [0.2, 0.25) is 0 Å². The van der Waals surface area contributed by atoms with E-state index in [2.05, 4.69) is 20.7 Å². The maximum absolute atomic E-state index is 10.8. The summed E-state index contributed by atoms with van der Waals surface area (Å²) in [5.41, 5.74) is 0.568. The highest BCUT2D eigenvalue weighted by Crippen LogP contribution is 2.23. The lowest BCUT2D eigenvalue weighted by Gasteiger charge is -1.98. The van der Waals surface area contributed by atoms with Crippen LogP contribution >= 0.6 is 15.9 Å². The number of hydrogen-bond acceptors (Lipinski definition) is 3. The van der Waals surface area contributed by atoms with Crippen molar-refractivity contribution in [3.63, 3.8) is 0 Å². The topological polar surface area (TPSA) is 46.5 Å². The molecule has 0 atom stereocenters. The van der Waals surface area contributed by atoms with Gasteiger partial charge in [-0.15, -0.1) is 0 Å². The fourth-order valence-electron chi connectivity index (χ4n) is 0.884. The first-order valence-electron chi connectivity index (χ1n) is 3.88. The van der Waals surface area contributed by atoms with Crippen molar-refractivity contribution in [2.24, 2.45) is 0 Å². The van der Waals surface area contributed by atoms with Gasteiger partial charge in [-0.25, -0.2) is 4.79 Å². The van der Waals surface area contributed by atoms with Gasteiger partial charge in [0, 0.05) is 16.1 Å². The number of aromatic hydroxyl groups is 1. The van der Waals surface area contributed by atoms with Gasteiger partial charge in [-0.05, 0) is 18.2 Å². The largest absolute Gasteiger partial charge is 0.507 e. The summed E-state index contributed by atoms with van der Waals surface area (Å²) in [6.07, 6.45) is 2.75. The molecule has 0 fully saturated rings. The van der Waals surface area contributed by atoms with E-state index in [1.165, 1.54) is 19.3 Å². The third-order valence-electron chi connectivity index (χ3n) is 1.59. The Morgan fingerprint density at radius 3 is 2.86 bits per heavy atom. The van der Waals surface area contributed by atoms with Gasteiger partial charge < -0.3 is 9.84 Å². The molecule has 1 aromatic carbocycles. The van der Waals surface area contributed by atoms with Crippen LogP contribution in [-0.4, -0.2) is 18.2 Å². The summed E-state index contributed by atoms with van der Waals surface area (Å²) < 4.78 is 5.20. The van der Waals surface area contributed by atoms with E-state index in [4.69, 9.17) is 0 Å². The van der Waals surface area contributed by atoms with Crippen molar-refractivity contribution in [2.45, 2.75) is 0 Å². The summed E-state index contributed by atoms with van der Waals surface area (Å²) in [4.78, 5) is 10.8. The SMILES string of the molecule is COC(=O)C=Cc1ccc(Br)cc1O. The number of carbonyl (C=O) groups is 1. The summed E-state index contributed by atoms with van der Waals surface area (Å²) in [7, 11) is 1.30. The van der Waals surface area contributed by atoms with Gasteiger partial charge in [-0.1, -0.05) is 22.0 Å². The van der Waals surface area contributed by atoms with Gasteiger partial charge >= 0.3 is 5.97 Å². The van der Waals surface area contributed by atoms with Gasteiger partial charge in [0.2, 0.25) is 0 Å². The number of ether oxygens (including phenoxy) is 1. The fraction of sp³-hybridized carbons (Fsp3) is 0.100. The van der Waals surface area contributed by atoms with Crippen LogP contribution in [0.4, 0.5) is 0 Å². The molecule has 0 aliphatic heterocycles. The summed E-state index contributed by atoms with van der Waals surface area (Å²) in [5, 5.41) is 9.44. The average Bonchev–Trinajstić information content (AvgIpc) is 2.16. The zero-order chi connectivity index (χ0) is 10.6. The Hall–Kier alpha value is -1.29. The molecule has 0 spiro atoms. The number of carbonyl (C=O) groups excluding carboxylic acids is 1. The number of hydrogen-bond donors (Lipinski definition) is 1. The highest BCUT2D eigenvalue weighted by atomic mass is 79.9. The van der Waals surface area contributed by atoms with Crippen LogP contribution in [0, 0.1) is 0 Å². The lowest BCUT2D eigenvalue weighted by Crippen LogP contribution is -1.93. The van der Waals surface area contributed by atoms with E-state index in [0.29, 0.717) is 5.56 Å². The minimum atomic E-state index is -0.452. The van der Waals surface area contributed by atoms with Gasteiger partial charge in [0.15, 0.2) is 0 Å². The van der Waals surface area contributed by atoms with E-state index in [1.807, 2.05) is 0 Å². The molecule has 0 aliphatic rings. The van der Waals surface area contributed by atoms with Crippen LogP contribution in [0.15, 0.2) is 28.7 Å². The van der Waals surface area contributed by atoms with E-state index in [1.54, 1.807) is 18.2 Å². The van der Waals surface area contributed by atoms with Gasteiger partial charge in [-0.2, -0.15) is 0 Å². The molecular formula is C10H9BrO3. The highest BCUT2D eigenvalue weighted by Gasteiger charge is 1.98. The Morgan fingerprint density at radius 2 is 2.29 bits per heavy atom. The van der Waals surface area contributed by atoms with Crippen LogP contribution in [0.25, 0.3) is 6.08 Å². The molecule has 1 rings (SSSR count). The standard InChI is InChI=1S/C10H9BrO3/c1-14-10(13)5-3-7-2-4-8(11)6-9(7)12/h2-6,12H,1H3. The van der Waals surface area contributed by atoms with Crippen molar-refractivity contribution in [1.29, 1.82) is 0 Å². The normalized spacial score (nSPS) is 10.4. The molecule has 1 N–H and O–H groups in total. The predicted molar refractivity (Wildman–Crippen MR) is 56.9 cm³/mol. The molecule has 3 nitrogen and oxygen atoms in total. The Labute approximate surface area is 90.1 Å². The fourth-order valence-corrected chi connectivity index (χ4v) is 1.23. The lowest BCUT2D eigenvalue weighted by atomic mass is 10.2. The van der Waals surface area contributed by atoms with Crippen molar-refractivity contribution >= 4 is 28.0 Å². The van der Waals surface area contributed by atoms with Crippen LogP contribution in [0.1, 0.15) is 5.56 Å². The molecule has 0 saturated heterocycles. The molecule has 1 aromatic rings. The molecule has 0 bridgehead atoms. The lowest BCUT2D eigenvalue weighted by molar-refractivity contribution is -0.134. The second-order valence-electron chi connectivity index (χ2n) is 2.56. The molecule has 0 saturated carbocycles. The Bertz CT molecular complexity index is 372. The predicted octanol–water partition coefficient (Wildman–Crippen LogP) is 2.34. The van der Waals surface area contributed by atoms with Crippen molar-refractivity contribution in [3.8, 4) is 5.75 Å². The van der Waals surface area contributed by atoms with E-state index < -0.39 is 5.97 Å². The number of methoxy groups -OCH3 is 1. The molecule has 0 aromatic heterocycles. The first kappa shape index (κ1) is 10.8. The number of rotatable bonds is 2. The maximum atomic E-state index is 10.8. The summed E-state index contributed by atoms with van der Waals surface area (Å²) in [5.74, 6) is -0.341. The third kappa shape index (κ3) is 2.88. The van der Waals surface area contributed by atoms with Crippen molar-refractivity contribution < 1.29 is 14.6 Å². The van der Waals surface area contributed by atoms with Gasteiger partial charge in [0.05, 0.1) is 7.11 Å². The van der Waals surface area contributed by atoms with Crippen LogP contribution in [-0.2, 0) is 9.53 Å². The highest BCUT2D eigenvalue weighted by molar-refractivity contribution is 9.10. The molecule has 0 unspecified atom stereocenters. The molecule has 74 valence electrons. The monoisotopic (exact) mass is 256 g/mol. The quantitative estimate of drug-likeness (QED) is 0.653. The molecule has 4 heteroatoms. The summed E-state index contributed by atoms with van der Waals surface area (Å²) in [6, 6.07) is 5.02. The molecule has 0 aliphatic carbocycles. The van der Waals surface area contributed by atoms with Crippen LogP contribution < -0.4 is 0 Å². The van der Waals surface area contributed by atoms with E-state index >= 15 is 0 Å². The zero-order valence-corrected chi connectivity index (χ0v) is 9.11. The first-order valence-corrected chi connectivity index (χ1v) is 4.67. The smallest absolute Gasteiger partial charge is 0.330 e. The minimum Gasteiger partial charge on any atom is -0.507 e. The number of phenolic OH excluding ortho intramolecular Hbond substituents is 1. The number of phenols is 1. The Balaban J connectivity index is 2.87. The van der Waals surface area contributed by atoms with Gasteiger partial charge in [0.25, 0.3) is 0 Å². The third-order valence-corrected chi connectivity index (χ3v) is 2.09.